The Labute approximate surface area is 107 Å². The summed E-state index contributed by atoms with van der Waals surface area (Å²) in [5.74, 6) is -0.162. The third-order valence-electron chi connectivity index (χ3n) is 3.18. The van der Waals surface area contributed by atoms with Gasteiger partial charge in [0, 0.05) is 6.42 Å². The lowest BCUT2D eigenvalue weighted by Gasteiger charge is -2.41. The average molecular weight is 259 g/mol. The van der Waals surface area contributed by atoms with Gasteiger partial charge < -0.3 is 10.1 Å². The maximum absolute atomic E-state index is 11.6. The predicted molar refractivity (Wildman–Crippen MR) is 68.7 cm³/mol. The van der Waals surface area contributed by atoms with E-state index < -0.39 is 4.87 Å². The Balaban J connectivity index is 2.69. The van der Waals surface area contributed by atoms with E-state index in [1.54, 1.807) is 11.8 Å². The SMILES string of the molecule is CCCC(=O)OC1CCCCC1(NC=O)SC. The zero-order valence-electron chi connectivity index (χ0n) is 10.5. The van der Waals surface area contributed by atoms with Crippen LogP contribution >= 0.6 is 11.8 Å². The summed E-state index contributed by atoms with van der Waals surface area (Å²) in [5.41, 5.74) is 0. The van der Waals surface area contributed by atoms with Crippen LogP contribution in [0.1, 0.15) is 45.4 Å². The fourth-order valence-corrected chi connectivity index (χ4v) is 3.19. The predicted octanol–water partition coefficient (Wildman–Crippen LogP) is 2.08. The van der Waals surface area contributed by atoms with Gasteiger partial charge in [0.25, 0.3) is 0 Å². The number of rotatable bonds is 6. The van der Waals surface area contributed by atoms with Gasteiger partial charge in [0.1, 0.15) is 11.0 Å². The quantitative estimate of drug-likeness (QED) is 0.451. The molecule has 1 saturated carbocycles. The molecule has 0 aromatic carbocycles. The molecule has 17 heavy (non-hydrogen) atoms. The Morgan fingerprint density at radius 2 is 2.35 bits per heavy atom. The molecular weight excluding hydrogens is 238 g/mol. The summed E-state index contributed by atoms with van der Waals surface area (Å²) in [7, 11) is 0. The van der Waals surface area contributed by atoms with Crippen molar-refractivity contribution in [2.45, 2.75) is 56.4 Å². The molecule has 1 fully saturated rings. The first-order valence-electron chi connectivity index (χ1n) is 6.14. The molecule has 2 unspecified atom stereocenters. The zero-order valence-corrected chi connectivity index (χ0v) is 11.3. The van der Waals surface area contributed by atoms with E-state index in [0.29, 0.717) is 12.8 Å². The fraction of sp³-hybridized carbons (Fsp3) is 0.833. The molecule has 1 rings (SSSR count). The van der Waals surface area contributed by atoms with Gasteiger partial charge in [0.15, 0.2) is 0 Å². The van der Waals surface area contributed by atoms with Crippen LogP contribution in [0.15, 0.2) is 0 Å². The van der Waals surface area contributed by atoms with Crippen molar-refractivity contribution in [1.82, 2.24) is 5.32 Å². The van der Waals surface area contributed by atoms with E-state index in [1.807, 2.05) is 13.2 Å². The summed E-state index contributed by atoms with van der Waals surface area (Å²) in [4.78, 5) is 21.9. The fourth-order valence-electron chi connectivity index (χ4n) is 2.24. The summed E-state index contributed by atoms with van der Waals surface area (Å²) in [6.45, 7) is 1.95. The van der Waals surface area contributed by atoms with E-state index in [-0.39, 0.29) is 12.1 Å². The first-order chi connectivity index (χ1) is 8.18. The van der Waals surface area contributed by atoms with Gasteiger partial charge in [-0.05, 0) is 38.4 Å². The lowest BCUT2D eigenvalue weighted by Crippen LogP contribution is -2.54. The second kappa shape index (κ2) is 6.89. The summed E-state index contributed by atoms with van der Waals surface area (Å²) < 4.78 is 5.51. The molecule has 5 heteroatoms. The number of hydrogen-bond donors (Lipinski definition) is 1. The molecule has 1 aliphatic carbocycles. The number of hydrogen-bond acceptors (Lipinski definition) is 4. The molecule has 1 N–H and O–H groups in total. The minimum absolute atomic E-state index is 0.162. The zero-order chi connectivity index (χ0) is 12.7. The van der Waals surface area contributed by atoms with Gasteiger partial charge in [0.2, 0.25) is 6.41 Å². The second-order valence-electron chi connectivity index (χ2n) is 4.33. The largest absolute Gasteiger partial charge is 0.459 e. The Kier molecular flexibility index (Phi) is 5.82. The van der Waals surface area contributed by atoms with Crippen LogP contribution in [0, 0.1) is 0 Å². The van der Waals surface area contributed by atoms with Crippen LogP contribution in [0.25, 0.3) is 0 Å². The third kappa shape index (κ3) is 3.63. The van der Waals surface area contributed by atoms with Gasteiger partial charge in [-0.25, -0.2) is 0 Å². The number of carbonyl (C=O) groups excluding carboxylic acids is 2. The van der Waals surface area contributed by atoms with Crippen molar-refractivity contribution in [3.8, 4) is 0 Å². The molecule has 98 valence electrons. The topological polar surface area (TPSA) is 55.4 Å². The summed E-state index contributed by atoms with van der Waals surface area (Å²) >= 11 is 1.57. The van der Waals surface area contributed by atoms with Crippen LogP contribution in [0.3, 0.4) is 0 Å². The Morgan fingerprint density at radius 1 is 1.59 bits per heavy atom. The number of carbonyl (C=O) groups is 2. The molecular formula is C12H21NO3S. The smallest absolute Gasteiger partial charge is 0.306 e. The van der Waals surface area contributed by atoms with Crippen LogP contribution in [-0.4, -0.2) is 29.6 Å². The van der Waals surface area contributed by atoms with Gasteiger partial charge in [-0.3, -0.25) is 9.59 Å². The van der Waals surface area contributed by atoms with Crippen LogP contribution < -0.4 is 5.32 Å². The number of thioether (sulfide) groups is 1. The highest BCUT2D eigenvalue weighted by molar-refractivity contribution is 8.00. The normalized spacial score (nSPS) is 28.5. The first-order valence-corrected chi connectivity index (χ1v) is 7.37. The van der Waals surface area contributed by atoms with E-state index >= 15 is 0 Å². The monoisotopic (exact) mass is 259 g/mol. The molecule has 1 aliphatic rings. The van der Waals surface area contributed by atoms with Crippen molar-refractivity contribution < 1.29 is 14.3 Å². The summed E-state index contributed by atoms with van der Waals surface area (Å²) in [5, 5.41) is 2.85. The van der Waals surface area contributed by atoms with Crippen molar-refractivity contribution in [3.63, 3.8) is 0 Å². The van der Waals surface area contributed by atoms with E-state index in [2.05, 4.69) is 5.32 Å². The lowest BCUT2D eigenvalue weighted by molar-refractivity contribution is -0.153. The van der Waals surface area contributed by atoms with Gasteiger partial charge in [-0.15, -0.1) is 11.8 Å². The maximum Gasteiger partial charge on any atom is 0.306 e. The number of ether oxygens (including phenoxy) is 1. The molecule has 0 aromatic heterocycles. The molecule has 1 amide bonds. The van der Waals surface area contributed by atoms with Crippen molar-refractivity contribution in [1.29, 1.82) is 0 Å². The lowest BCUT2D eigenvalue weighted by atomic mass is 9.91. The molecule has 0 aromatic rings. The molecule has 0 saturated heterocycles. The Hall–Kier alpha value is -0.710. The second-order valence-corrected chi connectivity index (χ2v) is 5.47. The van der Waals surface area contributed by atoms with Gasteiger partial charge in [0.05, 0.1) is 0 Å². The number of amides is 1. The van der Waals surface area contributed by atoms with Crippen molar-refractivity contribution in [2.75, 3.05) is 6.26 Å². The molecule has 0 bridgehead atoms. The third-order valence-corrected chi connectivity index (χ3v) is 4.49. The molecule has 0 heterocycles. The van der Waals surface area contributed by atoms with Crippen molar-refractivity contribution in [2.24, 2.45) is 0 Å². The van der Waals surface area contributed by atoms with Crippen LogP contribution in [0.4, 0.5) is 0 Å². The van der Waals surface area contributed by atoms with Gasteiger partial charge >= 0.3 is 5.97 Å². The highest BCUT2D eigenvalue weighted by atomic mass is 32.2. The van der Waals surface area contributed by atoms with Crippen molar-refractivity contribution in [3.05, 3.63) is 0 Å². The standard InChI is InChI=1S/C12H21NO3S/c1-3-6-11(15)16-10-7-4-5-8-12(10,17-2)13-9-14/h9-10H,3-8H2,1-2H3,(H,13,14). The number of esters is 1. The van der Waals surface area contributed by atoms with Gasteiger partial charge in [-0.2, -0.15) is 0 Å². The minimum atomic E-state index is -0.427. The highest BCUT2D eigenvalue weighted by Gasteiger charge is 2.42. The van der Waals surface area contributed by atoms with E-state index in [1.165, 1.54) is 0 Å². The molecule has 4 nitrogen and oxygen atoms in total. The summed E-state index contributed by atoms with van der Waals surface area (Å²) in [6.07, 6.45) is 7.49. The molecule has 2 atom stereocenters. The van der Waals surface area contributed by atoms with Crippen LogP contribution in [0.2, 0.25) is 0 Å². The first kappa shape index (κ1) is 14.4. The van der Waals surface area contributed by atoms with Crippen molar-refractivity contribution >= 4 is 24.1 Å². The Morgan fingerprint density at radius 3 is 2.94 bits per heavy atom. The minimum Gasteiger partial charge on any atom is -0.459 e. The van der Waals surface area contributed by atoms with E-state index in [9.17, 15) is 9.59 Å². The highest BCUT2D eigenvalue weighted by Crippen LogP contribution is 2.38. The van der Waals surface area contributed by atoms with E-state index in [4.69, 9.17) is 4.74 Å². The maximum atomic E-state index is 11.6. The number of nitrogens with one attached hydrogen (secondary N) is 1. The summed E-state index contributed by atoms with van der Waals surface area (Å²) in [6, 6.07) is 0. The van der Waals surface area contributed by atoms with Crippen LogP contribution in [0.5, 0.6) is 0 Å². The van der Waals surface area contributed by atoms with E-state index in [0.717, 1.165) is 32.1 Å². The Bertz CT molecular complexity index is 272. The van der Waals surface area contributed by atoms with Gasteiger partial charge in [-0.1, -0.05) is 6.92 Å². The average Bonchev–Trinajstić information content (AvgIpc) is 2.32. The van der Waals surface area contributed by atoms with Crippen LogP contribution in [-0.2, 0) is 14.3 Å². The molecule has 0 aliphatic heterocycles. The molecule has 0 spiro atoms. The molecule has 0 radical (unpaired) electrons.